The number of carbonyl (C=O) groups excluding carboxylic acids is 1. The number of unbranched alkanes of at least 4 members (excludes halogenated alkanes) is 2. The van der Waals surface area contributed by atoms with Crippen LogP contribution in [-0.2, 0) is 20.8 Å². The number of fused-ring (bicyclic) bond motifs is 1. The van der Waals surface area contributed by atoms with Crippen molar-refractivity contribution in [3.05, 3.63) is 30.1 Å². The maximum Gasteiger partial charge on any atom is 0.323 e. The predicted octanol–water partition coefficient (Wildman–Crippen LogP) is 2.78. The van der Waals surface area contributed by atoms with Crippen molar-refractivity contribution < 1.29 is 14.3 Å². The van der Waals surface area contributed by atoms with Crippen LogP contribution in [-0.4, -0.2) is 59.9 Å². The minimum absolute atomic E-state index is 0.124. The first-order chi connectivity index (χ1) is 12.6. The third-order valence-corrected chi connectivity index (χ3v) is 5.34. The van der Waals surface area contributed by atoms with Crippen LogP contribution in [0.15, 0.2) is 24.3 Å². The minimum Gasteiger partial charge on any atom is -0.468 e. The number of aryl methyl sites for hydroxylation is 2. The standard InChI is InChI=1S/C20H29N3O3/c1-15-21-17-9-5-6-10-18(17)23(15)12-8-4-7-11-22-14-16(25-2)13-19(22)20(24)26-3/h5-6,9-10,16,19H,4,7-8,11-14H2,1-3H3/t16-,19+/m1/s1. The highest BCUT2D eigenvalue weighted by Gasteiger charge is 2.37. The maximum atomic E-state index is 12.0. The zero-order valence-electron chi connectivity index (χ0n) is 16.0. The average Bonchev–Trinajstić information content (AvgIpc) is 3.21. The third kappa shape index (κ3) is 4.07. The number of imidazole rings is 1. The Morgan fingerprint density at radius 1 is 1.19 bits per heavy atom. The monoisotopic (exact) mass is 359 g/mol. The van der Waals surface area contributed by atoms with Crippen molar-refractivity contribution in [3.8, 4) is 0 Å². The van der Waals surface area contributed by atoms with Crippen LogP contribution in [0.4, 0.5) is 0 Å². The molecule has 6 heteroatoms. The molecule has 2 aromatic rings. The molecule has 1 aliphatic heterocycles. The van der Waals surface area contributed by atoms with E-state index in [1.807, 2.05) is 6.07 Å². The number of benzene rings is 1. The van der Waals surface area contributed by atoms with Gasteiger partial charge in [0.1, 0.15) is 11.9 Å². The molecule has 0 bridgehead atoms. The molecule has 26 heavy (non-hydrogen) atoms. The second-order valence-corrected chi connectivity index (χ2v) is 6.99. The second kappa shape index (κ2) is 8.64. The Hall–Kier alpha value is -1.92. The van der Waals surface area contributed by atoms with Crippen molar-refractivity contribution in [2.75, 3.05) is 27.3 Å². The summed E-state index contributed by atoms with van der Waals surface area (Å²) >= 11 is 0. The average molecular weight is 359 g/mol. The molecule has 0 aliphatic carbocycles. The number of nitrogens with zero attached hydrogens (tertiary/aromatic N) is 3. The van der Waals surface area contributed by atoms with Crippen molar-refractivity contribution in [2.24, 2.45) is 0 Å². The lowest BCUT2D eigenvalue weighted by Gasteiger charge is -2.21. The molecule has 0 unspecified atom stereocenters. The van der Waals surface area contributed by atoms with E-state index < -0.39 is 0 Å². The fourth-order valence-corrected chi connectivity index (χ4v) is 3.90. The Morgan fingerprint density at radius 2 is 1.96 bits per heavy atom. The lowest BCUT2D eigenvalue weighted by molar-refractivity contribution is -0.145. The van der Waals surface area contributed by atoms with Crippen molar-refractivity contribution >= 4 is 17.0 Å². The number of methoxy groups -OCH3 is 2. The van der Waals surface area contributed by atoms with Crippen LogP contribution >= 0.6 is 0 Å². The summed E-state index contributed by atoms with van der Waals surface area (Å²) in [6.07, 6.45) is 4.14. The van der Waals surface area contributed by atoms with Crippen LogP contribution in [0.1, 0.15) is 31.5 Å². The molecule has 0 spiro atoms. The lowest BCUT2D eigenvalue weighted by Crippen LogP contribution is -2.37. The number of ether oxygens (including phenoxy) is 2. The molecule has 1 fully saturated rings. The van der Waals surface area contributed by atoms with E-state index in [0.29, 0.717) is 0 Å². The van der Waals surface area contributed by atoms with Crippen molar-refractivity contribution in [1.29, 1.82) is 0 Å². The molecule has 1 saturated heterocycles. The first-order valence-corrected chi connectivity index (χ1v) is 9.40. The Morgan fingerprint density at radius 3 is 2.73 bits per heavy atom. The highest BCUT2D eigenvalue weighted by atomic mass is 16.5. The van der Waals surface area contributed by atoms with Crippen LogP contribution in [0, 0.1) is 6.92 Å². The van der Waals surface area contributed by atoms with E-state index >= 15 is 0 Å². The number of esters is 1. The van der Waals surface area contributed by atoms with Gasteiger partial charge in [-0.15, -0.1) is 0 Å². The Bertz CT molecular complexity index is 743. The summed E-state index contributed by atoms with van der Waals surface area (Å²) in [4.78, 5) is 18.8. The van der Waals surface area contributed by atoms with Gasteiger partial charge in [0, 0.05) is 26.6 Å². The fourth-order valence-electron chi connectivity index (χ4n) is 3.90. The van der Waals surface area contributed by atoms with E-state index in [-0.39, 0.29) is 18.1 Å². The summed E-state index contributed by atoms with van der Waals surface area (Å²) in [5.41, 5.74) is 2.27. The van der Waals surface area contributed by atoms with Gasteiger partial charge in [-0.25, -0.2) is 4.98 Å². The highest BCUT2D eigenvalue weighted by Crippen LogP contribution is 2.22. The normalized spacial score (nSPS) is 20.7. The van der Waals surface area contributed by atoms with Gasteiger partial charge in [-0.3, -0.25) is 9.69 Å². The summed E-state index contributed by atoms with van der Waals surface area (Å²) in [5.74, 6) is 0.921. The number of likely N-dealkylation sites (tertiary alicyclic amines) is 1. The Balaban J connectivity index is 1.47. The largest absolute Gasteiger partial charge is 0.468 e. The Labute approximate surface area is 155 Å². The number of hydrogen-bond acceptors (Lipinski definition) is 5. The van der Waals surface area contributed by atoms with Crippen LogP contribution in [0.5, 0.6) is 0 Å². The topological polar surface area (TPSA) is 56.6 Å². The van der Waals surface area contributed by atoms with Crippen molar-refractivity contribution in [2.45, 2.75) is 51.3 Å². The molecule has 6 nitrogen and oxygen atoms in total. The molecule has 1 aromatic heterocycles. The quantitative estimate of drug-likeness (QED) is 0.536. The molecular weight excluding hydrogens is 330 g/mol. The van der Waals surface area contributed by atoms with Gasteiger partial charge in [-0.1, -0.05) is 18.6 Å². The molecule has 1 aromatic carbocycles. The van der Waals surface area contributed by atoms with Gasteiger partial charge in [0.25, 0.3) is 0 Å². The number of para-hydroxylation sites is 2. The fraction of sp³-hybridized carbons (Fsp3) is 0.600. The predicted molar refractivity (Wildman–Crippen MR) is 101 cm³/mol. The number of hydrogen-bond donors (Lipinski definition) is 0. The molecule has 0 N–H and O–H groups in total. The van der Waals surface area contributed by atoms with Gasteiger partial charge < -0.3 is 14.0 Å². The molecule has 2 atom stereocenters. The summed E-state index contributed by atoms with van der Waals surface area (Å²) in [6.45, 7) is 4.76. The van der Waals surface area contributed by atoms with Gasteiger partial charge in [0.05, 0.1) is 24.2 Å². The van der Waals surface area contributed by atoms with Crippen LogP contribution < -0.4 is 0 Å². The summed E-state index contributed by atoms with van der Waals surface area (Å²) in [5, 5.41) is 0. The van der Waals surface area contributed by atoms with E-state index in [0.717, 1.165) is 56.7 Å². The minimum atomic E-state index is -0.162. The van der Waals surface area contributed by atoms with E-state index in [1.54, 1.807) is 7.11 Å². The van der Waals surface area contributed by atoms with Gasteiger partial charge in [0.2, 0.25) is 0 Å². The SMILES string of the molecule is COC(=O)[C@@H]1C[C@@H](OC)CN1CCCCCn1c(C)nc2ccccc21. The van der Waals surface area contributed by atoms with Gasteiger partial charge in [0.15, 0.2) is 0 Å². The van der Waals surface area contributed by atoms with E-state index in [2.05, 4.69) is 39.6 Å². The summed E-state index contributed by atoms with van der Waals surface area (Å²) in [7, 11) is 3.17. The van der Waals surface area contributed by atoms with Gasteiger partial charge in [-0.05, 0) is 38.4 Å². The Kier molecular flexibility index (Phi) is 6.27. The maximum absolute atomic E-state index is 12.0. The van der Waals surface area contributed by atoms with E-state index in [9.17, 15) is 4.79 Å². The smallest absolute Gasteiger partial charge is 0.323 e. The van der Waals surface area contributed by atoms with Gasteiger partial charge >= 0.3 is 5.97 Å². The summed E-state index contributed by atoms with van der Waals surface area (Å²) in [6, 6.07) is 8.12. The number of carbonyl (C=O) groups is 1. The lowest BCUT2D eigenvalue weighted by atomic mass is 10.2. The summed E-state index contributed by atoms with van der Waals surface area (Å²) < 4.78 is 12.7. The van der Waals surface area contributed by atoms with Crippen LogP contribution in [0.25, 0.3) is 11.0 Å². The third-order valence-electron chi connectivity index (χ3n) is 5.34. The van der Waals surface area contributed by atoms with E-state index in [4.69, 9.17) is 9.47 Å². The first-order valence-electron chi connectivity index (χ1n) is 9.40. The molecule has 142 valence electrons. The molecule has 3 rings (SSSR count). The van der Waals surface area contributed by atoms with Crippen molar-refractivity contribution in [3.63, 3.8) is 0 Å². The molecular formula is C20H29N3O3. The second-order valence-electron chi connectivity index (χ2n) is 6.99. The van der Waals surface area contributed by atoms with E-state index in [1.165, 1.54) is 12.6 Å². The van der Waals surface area contributed by atoms with Gasteiger partial charge in [-0.2, -0.15) is 0 Å². The number of aromatic nitrogens is 2. The first kappa shape index (κ1) is 18.9. The van der Waals surface area contributed by atoms with Crippen LogP contribution in [0.2, 0.25) is 0 Å². The van der Waals surface area contributed by atoms with Crippen LogP contribution in [0.3, 0.4) is 0 Å². The molecule has 2 heterocycles. The molecule has 0 saturated carbocycles. The number of rotatable bonds is 8. The molecule has 1 aliphatic rings. The molecule has 0 amide bonds. The zero-order valence-corrected chi connectivity index (χ0v) is 16.0. The zero-order chi connectivity index (χ0) is 18.5. The van der Waals surface area contributed by atoms with Crippen molar-refractivity contribution in [1.82, 2.24) is 14.5 Å². The molecule has 0 radical (unpaired) electrons. The highest BCUT2D eigenvalue weighted by molar-refractivity contribution is 5.76.